The number of H-pyrrole nitrogens is 1. The van der Waals surface area contributed by atoms with Gasteiger partial charge in [-0.05, 0) is 42.0 Å². The molecule has 5 nitrogen and oxygen atoms in total. The van der Waals surface area contributed by atoms with Crippen LogP contribution in [0.25, 0.3) is 10.9 Å². The predicted octanol–water partition coefficient (Wildman–Crippen LogP) is 4.23. The summed E-state index contributed by atoms with van der Waals surface area (Å²) in [5.74, 6) is 0.733. The molecule has 0 atom stereocenters. The van der Waals surface area contributed by atoms with Gasteiger partial charge < -0.3 is 9.72 Å². The monoisotopic (exact) mass is 410 g/mol. The fraction of sp³-hybridized carbons (Fsp3) is 0.222. The number of hydrogen-bond donors (Lipinski definition) is 1. The third-order valence-electron chi connectivity index (χ3n) is 4.66. The van der Waals surface area contributed by atoms with Crippen molar-refractivity contribution in [1.29, 1.82) is 0 Å². The quantitative estimate of drug-likeness (QED) is 0.702. The number of hydrogen-bond acceptors (Lipinski definition) is 3. The first-order valence-corrected chi connectivity index (χ1v) is 10.2. The third kappa shape index (κ3) is 2.87. The number of ether oxygens (including phenoxy) is 1. The van der Waals surface area contributed by atoms with E-state index in [1.807, 2.05) is 18.2 Å². The molecule has 0 spiro atoms. The van der Waals surface area contributed by atoms with E-state index in [0.717, 1.165) is 27.9 Å². The van der Waals surface area contributed by atoms with Gasteiger partial charge in [0.2, 0.25) is 10.0 Å². The van der Waals surface area contributed by atoms with Crippen molar-refractivity contribution in [3.63, 3.8) is 0 Å². The highest BCUT2D eigenvalue weighted by atomic mass is 35.5. The van der Waals surface area contributed by atoms with Crippen LogP contribution in [0, 0.1) is 0 Å². The second-order valence-corrected chi connectivity index (χ2v) is 8.91. The maximum absolute atomic E-state index is 13.1. The predicted molar refractivity (Wildman–Crippen MR) is 103 cm³/mol. The lowest BCUT2D eigenvalue weighted by Gasteiger charge is -2.27. The maximum Gasteiger partial charge on any atom is 0.244 e. The van der Waals surface area contributed by atoms with Crippen molar-refractivity contribution in [2.45, 2.75) is 17.9 Å². The van der Waals surface area contributed by atoms with Crippen LogP contribution in [0.1, 0.15) is 11.3 Å². The van der Waals surface area contributed by atoms with Crippen LogP contribution in [0.4, 0.5) is 0 Å². The van der Waals surface area contributed by atoms with Crippen LogP contribution in [0.3, 0.4) is 0 Å². The zero-order chi connectivity index (χ0) is 18.5. The van der Waals surface area contributed by atoms with Crippen molar-refractivity contribution in [3.05, 3.63) is 57.7 Å². The second kappa shape index (κ2) is 6.46. The molecule has 0 saturated heterocycles. The number of nitrogens with zero attached hydrogens (tertiary/aromatic N) is 1. The van der Waals surface area contributed by atoms with E-state index in [4.69, 9.17) is 27.9 Å². The first-order chi connectivity index (χ1) is 12.4. The van der Waals surface area contributed by atoms with Crippen molar-refractivity contribution in [2.24, 2.45) is 0 Å². The molecule has 0 fully saturated rings. The Morgan fingerprint density at radius 1 is 1.15 bits per heavy atom. The lowest BCUT2D eigenvalue weighted by atomic mass is 10.1. The summed E-state index contributed by atoms with van der Waals surface area (Å²) in [5.41, 5.74) is 2.99. The van der Waals surface area contributed by atoms with E-state index < -0.39 is 10.0 Å². The number of halogens is 2. The number of methoxy groups -OCH3 is 1. The fourth-order valence-electron chi connectivity index (χ4n) is 3.31. The van der Waals surface area contributed by atoms with Gasteiger partial charge in [0.25, 0.3) is 0 Å². The Bertz CT molecular complexity index is 1110. The molecule has 8 heteroatoms. The van der Waals surface area contributed by atoms with Gasteiger partial charge in [-0.3, -0.25) is 0 Å². The van der Waals surface area contributed by atoms with Crippen molar-refractivity contribution in [1.82, 2.24) is 9.29 Å². The van der Waals surface area contributed by atoms with Crippen molar-refractivity contribution < 1.29 is 13.2 Å². The fourth-order valence-corrected chi connectivity index (χ4v) is 5.46. The van der Waals surface area contributed by atoms with Gasteiger partial charge in [0.1, 0.15) is 10.6 Å². The zero-order valence-electron chi connectivity index (χ0n) is 13.9. The molecule has 2 heterocycles. The van der Waals surface area contributed by atoms with Crippen LogP contribution >= 0.6 is 23.2 Å². The average molecular weight is 411 g/mol. The summed E-state index contributed by atoms with van der Waals surface area (Å²) in [6.45, 7) is 0.649. The molecule has 0 amide bonds. The highest BCUT2D eigenvalue weighted by Gasteiger charge is 2.31. The largest absolute Gasteiger partial charge is 0.497 e. The standard InChI is InChI=1S/C18H16Cl2N2O3S/c1-25-12-3-5-16-13(9-12)14-10-22(7-6-17(14)21-16)26(23,24)18-8-11(19)2-4-15(18)20/h2-5,8-9,21H,6-7,10H2,1H3. The summed E-state index contributed by atoms with van der Waals surface area (Å²) < 4.78 is 32.9. The average Bonchev–Trinajstić information content (AvgIpc) is 3.00. The SMILES string of the molecule is COc1ccc2[nH]c3c(c2c1)CN(S(=O)(=O)c1cc(Cl)ccc1Cl)CC3. The molecular weight excluding hydrogens is 395 g/mol. The van der Waals surface area contributed by atoms with Crippen LogP contribution in [-0.2, 0) is 23.0 Å². The minimum atomic E-state index is -3.75. The van der Waals surface area contributed by atoms with Gasteiger partial charge in [0.05, 0.1) is 12.1 Å². The first-order valence-electron chi connectivity index (χ1n) is 8.03. The molecule has 0 saturated carbocycles. The molecule has 3 aromatic rings. The molecule has 2 aromatic carbocycles. The highest BCUT2D eigenvalue weighted by molar-refractivity contribution is 7.89. The van der Waals surface area contributed by atoms with E-state index in [1.165, 1.54) is 16.4 Å². The Morgan fingerprint density at radius 3 is 2.73 bits per heavy atom. The summed E-state index contributed by atoms with van der Waals surface area (Å²) >= 11 is 12.1. The van der Waals surface area contributed by atoms with Gasteiger partial charge in [-0.2, -0.15) is 4.31 Å². The van der Waals surface area contributed by atoms with Gasteiger partial charge in [0, 0.05) is 41.1 Å². The van der Waals surface area contributed by atoms with Crippen LogP contribution in [0.15, 0.2) is 41.3 Å². The molecule has 26 heavy (non-hydrogen) atoms. The van der Waals surface area contributed by atoms with Crippen molar-refractivity contribution in [2.75, 3.05) is 13.7 Å². The van der Waals surface area contributed by atoms with E-state index in [1.54, 1.807) is 13.2 Å². The number of aromatic nitrogens is 1. The normalized spacial score (nSPS) is 15.2. The molecule has 1 N–H and O–H groups in total. The van der Waals surface area contributed by atoms with Gasteiger partial charge in [-0.1, -0.05) is 23.2 Å². The van der Waals surface area contributed by atoms with Crippen molar-refractivity contribution in [3.8, 4) is 5.75 Å². The number of fused-ring (bicyclic) bond motifs is 3. The number of sulfonamides is 1. The summed E-state index contributed by atoms with van der Waals surface area (Å²) in [5, 5.41) is 1.47. The molecule has 1 aliphatic heterocycles. The summed E-state index contributed by atoms with van der Waals surface area (Å²) in [7, 11) is -2.14. The molecule has 136 valence electrons. The second-order valence-electron chi connectivity index (χ2n) is 6.16. The topological polar surface area (TPSA) is 62.4 Å². The summed E-state index contributed by atoms with van der Waals surface area (Å²) in [6.07, 6.45) is 0.601. The van der Waals surface area contributed by atoms with Gasteiger partial charge in [-0.25, -0.2) is 8.42 Å². The number of aromatic amines is 1. The van der Waals surface area contributed by atoms with E-state index in [2.05, 4.69) is 4.98 Å². The number of rotatable bonds is 3. The molecule has 0 unspecified atom stereocenters. The van der Waals surface area contributed by atoms with Crippen molar-refractivity contribution >= 4 is 44.1 Å². The Hall–Kier alpha value is -1.73. The smallest absolute Gasteiger partial charge is 0.244 e. The van der Waals surface area contributed by atoms with Gasteiger partial charge in [0.15, 0.2) is 0 Å². The molecular formula is C18H16Cl2N2O3S. The lowest BCUT2D eigenvalue weighted by molar-refractivity contribution is 0.391. The molecule has 1 aliphatic rings. The maximum atomic E-state index is 13.1. The van der Waals surface area contributed by atoms with E-state index in [0.29, 0.717) is 18.0 Å². The molecule has 1 aromatic heterocycles. The highest BCUT2D eigenvalue weighted by Crippen LogP contribution is 2.34. The Labute approximate surface area is 161 Å². The van der Waals surface area contributed by atoms with Crippen LogP contribution in [0.5, 0.6) is 5.75 Å². The summed E-state index contributed by atoms with van der Waals surface area (Å²) in [6, 6.07) is 10.2. The van der Waals surface area contributed by atoms with E-state index >= 15 is 0 Å². The van der Waals surface area contributed by atoms with Gasteiger partial charge >= 0.3 is 0 Å². The minimum absolute atomic E-state index is 0.0348. The zero-order valence-corrected chi connectivity index (χ0v) is 16.2. The van der Waals surface area contributed by atoms with Gasteiger partial charge in [-0.15, -0.1) is 0 Å². The first kappa shape index (κ1) is 17.7. The molecule has 0 radical (unpaired) electrons. The number of benzene rings is 2. The molecule has 0 aliphatic carbocycles. The number of nitrogens with one attached hydrogen (secondary N) is 1. The summed E-state index contributed by atoms with van der Waals surface area (Å²) in [4.78, 5) is 3.41. The van der Waals surface area contributed by atoms with Crippen LogP contribution < -0.4 is 4.74 Å². The third-order valence-corrected chi connectivity index (χ3v) is 7.22. The Kier molecular flexibility index (Phi) is 4.39. The minimum Gasteiger partial charge on any atom is -0.497 e. The van der Waals surface area contributed by atoms with Crippen LogP contribution in [0.2, 0.25) is 10.0 Å². The lowest BCUT2D eigenvalue weighted by Crippen LogP contribution is -2.36. The Morgan fingerprint density at radius 2 is 1.96 bits per heavy atom. The molecule has 0 bridgehead atoms. The Balaban J connectivity index is 1.77. The van der Waals surface area contributed by atoms with E-state index in [-0.39, 0.29) is 16.5 Å². The van der Waals surface area contributed by atoms with E-state index in [9.17, 15) is 8.42 Å². The van der Waals surface area contributed by atoms with Crippen LogP contribution in [-0.4, -0.2) is 31.4 Å². The molecule has 4 rings (SSSR count).